The van der Waals surface area contributed by atoms with Gasteiger partial charge in [0.25, 0.3) is 10.0 Å². The summed E-state index contributed by atoms with van der Waals surface area (Å²) in [6, 6.07) is 11.9. The van der Waals surface area contributed by atoms with Crippen LogP contribution in [0.25, 0.3) is 12.2 Å². The lowest BCUT2D eigenvalue weighted by Crippen LogP contribution is -2.15. The highest BCUT2D eigenvalue weighted by Crippen LogP contribution is 2.39. The Labute approximate surface area is 203 Å². The lowest BCUT2D eigenvalue weighted by Gasteiger charge is -2.16. The molecule has 10 heteroatoms. The Balaban J connectivity index is 2.05. The van der Waals surface area contributed by atoms with Crippen LogP contribution in [0.2, 0.25) is 0 Å². The molecule has 0 amide bonds. The Morgan fingerprint density at radius 3 is 1.86 bits per heavy atom. The van der Waals surface area contributed by atoms with Crippen LogP contribution in [0.1, 0.15) is 11.1 Å². The molecule has 0 unspecified atom stereocenters. The highest BCUT2D eigenvalue weighted by atomic mass is 32.2. The van der Waals surface area contributed by atoms with Crippen LogP contribution >= 0.6 is 0 Å². The molecule has 8 nitrogen and oxygen atoms in total. The monoisotopic (exact) mass is 503 g/mol. The summed E-state index contributed by atoms with van der Waals surface area (Å²) >= 11 is 0. The second kappa shape index (κ2) is 11.0. The standard InChI is InChI=1S/C25H26FNO7S/c1-30-18-9-11-19(12-10-18)35(28,29)27-23-17(8-13-20(26)24(23)33-4)7-6-16-14-21(31-2)25(34-5)22(15-16)32-3/h6-15,27H,1-5H3/b7-6-. The summed E-state index contributed by atoms with van der Waals surface area (Å²) in [4.78, 5) is -0.0239. The van der Waals surface area contributed by atoms with Crippen LogP contribution in [0, 0.1) is 5.82 Å². The molecule has 3 aromatic rings. The molecule has 3 aromatic carbocycles. The third-order valence-corrected chi connectivity index (χ3v) is 6.46. The highest BCUT2D eigenvalue weighted by molar-refractivity contribution is 7.92. The first-order chi connectivity index (χ1) is 16.8. The van der Waals surface area contributed by atoms with E-state index >= 15 is 0 Å². The zero-order valence-corrected chi connectivity index (χ0v) is 20.7. The van der Waals surface area contributed by atoms with Gasteiger partial charge in [-0.05, 0) is 54.1 Å². The fourth-order valence-electron chi connectivity index (χ4n) is 3.35. The lowest BCUT2D eigenvalue weighted by atomic mass is 10.1. The van der Waals surface area contributed by atoms with Gasteiger partial charge in [-0.25, -0.2) is 12.8 Å². The molecule has 35 heavy (non-hydrogen) atoms. The molecule has 0 heterocycles. The van der Waals surface area contributed by atoms with Crippen molar-refractivity contribution in [1.82, 2.24) is 0 Å². The average Bonchev–Trinajstić information content (AvgIpc) is 2.87. The van der Waals surface area contributed by atoms with Crippen LogP contribution in [0.15, 0.2) is 53.4 Å². The minimum atomic E-state index is -4.07. The first-order valence-corrected chi connectivity index (χ1v) is 11.8. The van der Waals surface area contributed by atoms with E-state index in [9.17, 15) is 12.8 Å². The SMILES string of the molecule is COc1ccc(S(=O)(=O)Nc2c(/C=C\c3cc(OC)c(OC)c(OC)c3)ccc(F)c2OC)cc1. The Kier molecular flexibility index (Phi) is 8.08. The van der Waals surface area contributed by atoms with Crippen molar-refractivity contribution in [2.45, 2.75) is 4.90 Å². The molecule has 1 N–H and O–H groups in total. The molecule has 0 fully saturated rings. The molecular weight excluding hydrogens is 477 g/mol. The van der Waals surface area contributed by atoms with E-state index in [-0.39, 0.29) is 16.3 Å². The molecule has 3 rings (SSSR count). The summed E-state index contributed by atoms with van der Waals surface area (Å²) in [5, 5.41) is 0. The summed E-state index contributed by atoms with van der Waals surface area (Å²) < 4.78 is 69.4. The Morgan fingerprint density at radius 2 is 1.34 bits per heavy atom. The Bertz CT molecular complexity index is 1300. The topological polar surface area (TPSA) is 92.3 Å². The number of rotatable bonds is 10. The molecule has 0 atom stereocenters. The Hall–Kier alpha value is -3.92. The maximum Gasteiger partial charge on any atom is 0.262 e. The van der Waals surface area contributed by atoms with Crippen molar-refractivity contribution in [3.05, 3.63) is 65.5 Å². The van der Waals surface area contributed by atoms with Crippen LogP contribution in [0.3, 0.4) is 0 Å². The molecule has 0 spiro atoms. The van der Waals surface area contributed by atoms with Crippen LogP contribution in [-0.2, 0) is 10.0 Å². The molecule has 0 aliphatic heterocycles. The van der Waals surface area contributed by atoms with Crippen molar-refractivity contribution < 1.29 is 36.5 Å². The number of ether oxygens (including phenoxy) is 5. The summed E-state index contributed by atoms with van der Waals surface area (Å²) in [5.41, 5.74) is 0.993. The van der Waals surface area contributed by atoms with E-state index in [2.05, 4.69) is 4.72 Å². The predicted octanol–water partition coefficient (Wildman–Crippen LogP) is 4.84. The van der Waals surface area contributed by atoms with Crippen molar-refractivity contribution in [1.29, 1.82) is 0 Å². The first kappa shape index (κ1) is 25.7. The normalized spacial score (nSPS) is 11.3. The molecule has 0 saturated carbocycles. The molecule has 0 radical (unpaired) electrons. The average molecular weight is 504 g/mol. The minimum Gasteiger partial charge on any atom is -0.497 e. The largest absolute Gasteiger partial charge is 0.497 e. The zero-order chi connectivity index (χ0) is 25.6. The molecular formula is C25H26FNO7S. The molecule has 0 aliphatic rings. The van der Waals surface area contributed by atoms with Crippen molar-refractivity contribution in [3.8, 4) is 28.7 Å². The van der Waals surface area contributed by atoms with Crippen LogP contribution in [0.4, 0.5) is 10.1 Å². The highest BCUT2D eigenvalue weighted by Gasteiger charge is 2.21. The third kappa shape index (κ3) is 5.60. The van der Waals surface area contributed by atoms with Gasteiger partial charge < -0.3 is 23.7 Å². The van der Waals surface area contributed by atoms with Gasteiger partial charge in [-0.15, -0.1) is 0 Å². The molecule has 0 aromatic heterocycles. The molecule has 186 valence electrons. The van der Waals surface area contributed by atoms with Crippen LogP contribution in [0.5, 0.6) is 28.7 Å². The second-order valence-corrected chi connectivity index (χ2v) is 8.80. The van der Waals surface area contributed by atoms with Gasteiger partial charge in [0.05, 0.1) is 40.4 Å². The van der Waals surface area contributed by atoms with Crippen molar-refractivity contribution in [2.75, 3.05) is 40.3 Å². The van der Waals surface area contributed by atoms with Crippen molar-refractivity contribution in [2.24, 2.45) is 0 Å². The number of hydrogen-bond donors (Lipinski definition) is 1. The van der Waals surface area contributed by atoms with Gasteiger partial charge in [0, 0.05) is 5.56 Å². The van der Waals surface area contributed by atoms with Crippen molar-refractivity contribution in [3.63, 3.8) is 0 Å². The van der Waals surface area contributed by atoms with Crippen molar-refractivity contribution >= 4 is 27.9 Å². The van der Waals surface area contributed by atoms with Gasteiger partial charge in [-0.1, -0.05) is 12.2 Å². The van der Waals surface area contributed by atoms with E-state index in [1.54, 1.807) is 24.3 Å². The van der Waals surface area contributed by atoms with E-state index in [1.807, 2.05) is 0 Å². The summed E-state index contributed by atoms with van der Waals surface area (Å²) in [5.74, 6) is 0.871. The summed E-state index contributed by atoms with van der Waals surface area (Å²) in [6.07, 6.45) is 3.32. The van der Waals surface area contributed by atoms with Gasteiger partial charge in [-0.2, -0.15) is 0 Å². The number of halogens is 1. The van der Waals surface area contributed by atoms with E-state index in [1.165, 1.54) is 71.9 Å². The van der Waals surface area contributed by atoms with E-state index in [4.69, 9.17) is 23.7 Å². The Morgan fingerprint density at radius 1 is 0.743 bits per heavy atom. The number of sulfonamides is 1. The summed E-state index contributed by atoms with van der Waals surface area (Å²) in [7, 11) is 3.18. The van der Waals surface area contributed by atoms with Gasteiger partial charge in [0.2, 0.25) is 5.75 Å². The van der Waals surface area contributed by atoms with E-state index in [0.29, 0.717) is 34.1 Å². The number of methoxy groups -OCH3 is 5. The number of nitrogens with one attached hydrogen (secondary N) is 1. The van der Waals surface area contributed by atoms with Gasteiger partial charge >= 0.3 is 0 Å². The molecule has 0 saturated heterocycles. The second-order valence-electron chi connectivity index (χ2n) is 7.12. The predicted molar refractivity (Wildman–Crippen MR) is 132 cm³/mol. The van der Waals surface area contributed by atoms with Gasteiger partial charge in [-0.3, -0.25) is 4.72 Å². The molecule has 0 bridgehead atoms. The van der Waals surface area contributed by atoms with Crippen LogP contribution < -0.4 is 28.4 Å². The fourth-order valence-corrected chi connectivity index (χ4v) is 4.44. The number of hydrogen-bond acceptors (Lipinski definition) is 7. The fraction of sp³-hybridized carbons (Fsp3) is 0.200. The minimum absolute atomic E-state index is 0.0239. The third-order valence-electron chi connectivity index (χ3n) is 5.09. The maximum absolute atomic E-state index is 14.5. The van der Waals surface area contributed by atoms with E-state index in [0.717, 1.165) is 0 Å². The molecule has 0 aliphatic carbocycles. The zero-order valence-electron chi connectivity index (χ0n) is 19.9. The van der Waals surface area contributed by atoms with E-state index < -0.39 is 15.8 Å². The number of benzene rings is 3. The smallest absolute Gasteiger partial charge is 0.262 e. The maximum atomic E-state index is 14.5. The van der Waals surface area contributed by atoms with Crippen LogP contribution in [-0.4, -0.2) is 44.0 Å². The first-order valence-electron chi connectivity index (χ1n) is 10.3. The quantitative estimate of drug-likeness (QED) is 0.396. The van der Waals surface area contributed by atoms with Gasteiger partial charge in [0.15, 0.2) is 23.1 Å². The summed E-state index contributed by atoms with van der Waals surface area (Å²) in [6.45, 7) is 0. The lowest BCUT2D eigenvalue weighted by molar-refractivity contribution is 0.324. The number of anilines is 1. The van der Waals surface area contributed by atoms with Gasteiger partial charge in [0.1, 0.15) is 11.4 Å².